The van der Waals surface area contributed by atoms with E-state index in [0.29, 0.717) is 11.4 Å². The van der Waals surface area contributed by atoms with Crippen LogP contribution in [0.5, 0.6) is 5.75 Å². The zero-order valence-electron chi connectivity index (χ0n) is 32.4. The minimum atomic E-state index is -0.314. The van der Waals surface area contributed by atoms with Crippen LogP contribution < -0.4 is 0 Å². The first kappa shape index (κ1) is 37.8. The van der Waals surface area contributed by atoms with Crippen LogP contribution in [0.1, 0.15) is 65.2 Å². The van der Waals surface area contributed by atoms with E-state index in [1.165, 1.54) is 0 Å². The number of para-hydroxylation sites is 3. The van der Waals surface area contributed by atoms with Crippen LogP contribution in [0.25, 0.3) is 66.7 Å². The molecule has 0 spiro atoms. The molecule has 278 valence electrons. The largest absolute Gasteiger partial charge is 0.507 e. The Morgan fingerprint density at radius 1 is 0.727 bits per heavy atom. The number of aliphatic imine (C=N–C) groups is 1. The van der Waals surface area contributed by atoms with Crippen LogP contribution in [0, 0.1) is 6.07 Å². The minimum absolute atomic E-state index is 0. The Morgan fingerprint density at radius 3 is 2.13 bits per heavy atom. The van der Waals surface area contributed by atoms with Gasteiger partial charge in [-0.2, -0.15) is 0 Å². The van der Waals surface area contributed by atoms with Crippen LogP contribution in [0.4, 0.5) is 0 Å². The van der Waals surface area contributed by atoms with Gasteiger partial charge in [0, 0.05) is 49.3 Å². The Bertz CT molecular complexity index is 2770. The summed E-state index contributed by atoms with van der Waals surface area (Å²) < 4.78 is 4.59. The summed E-state index contributed by atoms with van der Waals surface area (Å²) in [5.74, 6) is 0.925. The summed E-state index contributed by atoms with van der Waals surface area (Å²) in [7, 11) is 0. The molecule has 0 saturated carbocycles. The van der Waals surface area contributed by atoms with Gasteiger partial charge in [-0.1, -0.05) is 114 Å². The van der Waals surface area contributed by atoms with Gasteiger partial charge < -0.3 is 14.7 Å². The monoisotopic (exact) mass is 900 g/mol. The average Bonchev–Trinajstić information content (AvgIpc) is 3.71. The number of fused-ring (bicyclic) bond motifs is 4. The van der Waals surface area contributed by atoms with Gasteiger partial charge in [0.15, 0.2) is 0 Å². The number of imidazole rings is 1. The molecule has 1 N–H and O–H groups in total. The maximum atomic E-state index is 12.4. The molecule has 0 bridgehead atoms. The second-order valence-corrected chi connectivity index (χ2v) is 16.1. The van der Waals surface area contributed by atoms with Crippen molar-refractivity contribution >= 4 is 38.6 Å². The van der Waals surface area contributed by atoms with Crippen LogP contribution in [-0.2, 0) is 31.9 Å². The fraction of sp³-hybridized carbons (Fsp3) is 0.184. The van der Waals surface area contributed by atoms with E-state index in [1.54, 1.807) is 6.20 Å². The van der Waals surface area contributed by atoms with Gasteiger partial charge in [-0.3, -0.25) is 4.57 Å². The molecule has 0 atom stereocenters. The number of aromatic nitrogens is 3. The predicted octanol–water partition coefficient (Wildman–Crippen LogP) is 12.5. The first-order valence-corrected chi connectivity index (χ1v) is 18.5. The molecule has 0 aliphatic rings. The van der Waals surface area contributed by atoms with Crippen molar-refractivity contribution in [1.82, 2.24) is 14.1 Å². The molecule has 55 heavy (non-hydrogen) atoms. The van der Waals surface area contributed by atoms with E-state index in [-0.39, 0.29) is 37.6 Å². The summed E-state index contributed by atoms with van der Waals surface area (Å²) in [5, 5.41) is 14.6. The van der Waals surface area contributed by atoms with E-state index in [2.05, 4.69) is 178 Å². The fourth-order valence-electron chi connectivity index (χ4n) is 7.64. The van der Waals surface area contributed by atoms with Crippen molar-refractivity contribution in [2.24, 2.45) is 4.99 Å². The summed E-state index contributed by atoms with van der Waals surface area (Å²) in [6, 6.07) is 46.0. The summed E-state index contributed by atoms with van der Waals surface area (Å²) in [5.41, 5.74) is 11.9. The molecule has 6 aromatic carbocycles. The zero-order chi connectivity index (χ0) is 37.9. The number of nitrogens with zero attached hydrogens (tertiary/aromatic N) is 4. The standard InChI is InChI=1S/C49H45N4O.Pt/c1-9-50-31(2)32-18-15-19-33(28-32)36-23-16-27-43-45(36)51-47(38-29-34(48(3,4)5)30-39(46(38)54)49(6,7)8)53(43)42-26-17-25-41-44(42)37-22-13-14-24-40(37)52(41)35-20-11-10-12-21-35;/h9-27,29-30,54H,1H2,2-8H3;/q-1;. The van der Waals surface area contributed by atoms with Crippen LogP contribution in [0.2, 0.25) is 0 Å². The SMILES string of the molecule is C=CN=C(C)c1[c-]c(-c2cccc3c2nc(-c2cc(C(C)(C)C)cc(C(C)(C)C)c2O)n3-c2cccc3c2c2ccccc2n3-c2ccccc2)ccc1.[Pt]. The third-order valence-electron chi connectivity index (χ3n) is 10.4. The molecule has 0 fully saturated rings. The van der Waals surface area contributed by atoms with Crippen LogP contribution in [-0.4, -0.2) is 24.9 Å². The minimum Gasteiger partial charge on any atom is -0.507 e. The number of rotatable bonds is 6. The number of phenols is 1. The van der Waals surface area contributed by atoms with Gasteiger partial charge in [0.05, 0.1) is 33.3 Å². The van der Waals surface area contributed by atoms with Crippen LogP contribution >= 0.6 is 0 Å². The van der Waals surface area contributed by atoms with Crippen molar-refractivity contribution < 1.29 is 26.2 Å². The Labute approximate surface area is 338 Å². The predicted molar refractivity (Wildman–Crippen MR) is 227 cm³/mol. The fourth-order valence-corrected chi connectivity index (χ4v) is 7.64. The van der Waals surface area contributed by atoms with Crippen molar-refractivity contribution in [2.75, 3.05) is 0 Å². The van der Waals surface area contributed by atoms with E-state index in [0.717, 1.165) is 77.7 Å². The van der Waals surface area contributed by atoms with E-state index in [9.17, 15) is 5.11 Å². The van der Waals surface area contributed by atoms with Gasteiger partial charge in [-0.25, -0.2) is 4.98 Å². The maximum absolute atomic E-state index is 12.4. The van der Waals surface area contributed by atoms with E-state index >= 15 is 0 Å². The van der Waals surface area contributed by atoms with Crippen LogP contribution in [0.15, 0.2) is 139 Å². The molecule has 0 amide bonds. The van der Waals surface area contributed by atoms with Gasteiger partial charge in [-0.05, 0) is 71.5 Å². The number of phenolic OH excluding ortho intramolecular Hbond substituents is 1. The summed E-state index contributed by atoms with van der Waals surface area (Å²) >= 11 is 0. The Morgan fingerprint density at radius 2 is 1.40 bits per heavy atom. The molecule has 2 heterocycles. The van der Waals surface area contributed by atoms with Crippen molar-refractivity contribution in [3.63, 3.8) is 0 Å². The molecule has 0 aliphatic heterocycles. The Hall–Kier alpha value is -5.51. The van der Waals surface area contributed by atoms with Crippen molar-refractivity contribution in [3.8, 4) is 39.6 Å². The quantitative estimate of drug-likeness (QED) is 0.134. The molecule has 5 nitrogen and oxygen atoms in total. The topological polar surface area (TPSA) is 55.3 Å². The van der Waals surface area contributed by atoms with Crippen molar-refractivity contribution in [2.45, 2.75) is 59.3 Å². The zero-order valence-corrected chi connectivity index (χ0v) is 34.7. The summed E-state index contributed by atoms with van der Waals surface area (Å²) in [6.45, 7) is 18.9. The molecule has 0 unspecified atom stereocenters. The molecule has 0 aliphatic carbocycles. The third kappa shape index (κ3) is 6.55. The van der Waals surface area contributed by atoms with E-state index < -0.39 is 0 Å². The first-order chi connectivity index (χ1) is 25.9. The second-order valence-electron chi connectivity index (χ2n) is 16.1. The number of aromatic hydroxyl groups is 1. The number of hydrogen-bond donors (Lipinski definition) is 1. The molecule has 6 heteroatoms. The second kappa shape index (κ2) is 14.3. The van der Waals surface area contributed by atoms with E-state index in [4.69, 9.17) is 4.98 Å². The molecule has 8 rings (SSSR count). The number of hydrogen-bond acceptors (Lipinski definition) is 3. The van der Waals surface area contributed by atoms with Gasteiger partial charge in [0.1, 0.15) is 11.6 Å². The molecular formula is C49H45N4OPt-. The normalized spacial score (nSPS) is 12.4. The van der Waals surface area contributed by atoms with Crippen molar-refractivity contribution in [1.29, 1.82) is 0 Å². The van der Waals surface area contributed by atoms with Gasteiger partial charge in [0.2, 0.25) is 0 Å². The Kier molecular flexibility index (Phi) is 9.82. The summed E-state index contributed by atoms with van der Waals surface area (Å²) in [4.78, 5) is 9.97. The molecular weight excluding hydrogens is 856 g/mol. The Balaban J connectivity index is 0.00000465. The maximum Gasteiger partial charge on any atom is 0.148 e. The molecule has 2 aromatic heterocycles. The molecule has 0 radical (unpaired) electrons. The van der Waals surface area contributed by atoms with Crippen LogP contribution in [0.3, 0.4) is 0 Å². The van der Waals surface area contributed by atoms with E-state index in [1.807, 2.05) is 19.1 Å². The number of benzene rings is 6. The molecule has 0 saturated heterocycles. The third-order valence-corrected chi connectivity index (χ3v) is 10.4. The van der Waals surface area contributed by atoms with Crippen molar-refractivity contribution in [3.05, 3.63) is 157 Å². The first-order valence-electron chi connectivity index (χ1n) is 18.5. The molecule has 8 aromatic rings. The van der Waals surface area contributed by atoms with Gasteiger partial charge >= 0.3 is 0 Å². The van der Waals surface area contributed by atoms with Gasteiger partial charge in [-0.15, -0.1) is 35.4 Å². The van der Waals surface area contributed by atoms with Gasteiger partial charge in [0.25, 0.3) is 0 Å². The average molecular weight is 901 g/mol. The smallest absolute Gasteiger partial charge is 0.148 e. The summed E-state index contributed by atoms with van der Waals surface area (Å²) in [6.07, 6.45) is 1.56.